The molecule has 0 aromatic carbocycles. The van der Waals surface area contributed by atoms with Gasteiger partial charge in [-0.05, 0) is 87.5 Å². The quantitative estimate of drug-likeness (QED) is 0.0245. The Morgan fingerprint density at radius 1 is 0.611 bits per heavy atom. The fraction of sp³-hybridized carbons (Fsp3) is 0.698. The van der Waals surface area contributed by atoms with Gasteiger partial charge in [-0.15, -0.1) is 0 Å². The average molecular weight is 1030 g/mol. The maximum absolute atomic E-state index is 13.7. The molecule has 0 radical (unpaired) electrons. The van der Waals surface area contributed by atoms with Crippen LogP contribution in [0.3, 0.4) is 0 Å². The van der Waals surface area contributed by atoms with Crippen molar-refractivity contribution in [2.45, 2.75) is 166 Å². The van der Waals surface area contributed by atoms with Gasteiger partial charge in [-0.25, -0.2) is 9.59 Å². The Bertz CT molecular complexity index is 1990. The third-order valence-electron chi connectivity index (χ3n) is 9.84. The summed E-state index contributed by atoms with van der Waals surface area (Å²) in [5.74, 6) is -11.1. The molecule has 8 atom stereocenters. The van der Waals surface area contributed by atoms with Crippen LogP contribution in [0, 0.1) is 0 Å². The van der Waals surface area contributed by atoms with E-state index in [1.54, 1.807) is 20.8 Å². The van der Waals surface area contributed by atoms with E-state index in [1.165, 1.54) is 34.6 Å². The topological polar surface area (TPSA) is 453 Å². The van der Waals surface area contributed by atoms with Crippen LogP contribution in [-0.4, -0.2) is 173 Å². The van der Waals surface area contributed by atoms with Gasteiger partial charge in [0.05, 0.1) is 26.2 Å². The van der Waals surface area contributed by atoms with Gasteiger partial charge < -0.3 is 84.3 Å². The number of carbonyl (C=O) groups excluding carboxylic acids is 13. The van der Waals surface area contributed by atoms with Crippen molar-refractivity contribution in [3.05, 3.63) is 0 Å². The number of aliphatic hydroxyl groups is 2. The fourth-order valence-corrected chi connectivity index (χ4v) is 6.21. The number of aliphatic hydroxyl groups excluding tert-OH is 2. The second kappa shape index (κ2) is 29.9. The number of ether oxygens (including phenoxy) is 2. The normalized spacial score (nSPS) is 16.2. The molecular weight excluding hydrogens is 957 g/mol. The molecule has 29 nitrogen and oxygen atoms in total. The van der Waals surface area contributed by atoms with Crippen molar-refractivity contribution in [2.24, 2.45) is 11.5 Å². The van der Waals surface area contributed by atoms with Crippen LogP contribution in [0.4, 0.5) is 4.79 Å². The number of primary amides is 2. The zero-order valence-corrected chi connectivity index (χ0v) is 41.8. The molecule has 1 rings (SSSR count). The maximum Gasteiger partial charge on any atom is 0.407 e. The summed E-state index contributed by atoms with van der Waals surface area (Å²) in [5, 5.41) is 43.3. The number of carbonyl (C=O) groups is 13. The number of unbranched alkanes of at least 4 members (excludes halogenated alkanes) is 1. The van der Waals surface area contributed by atoms with Crippen LogP contribution < -0.4 is 64.6 Å². The largest absolute Gasteiger partial charge is 0.458 e. The van der Waals surface area contributed by atoms with Gasteiger partial charge in [-0.1, -0.05) is 0 Å². The molecule has 1 heterocycles. The lowest BCUT2D eigenvalue weighted by molar-refractivity contribution is -0.159. The summed E-state index contributed by atoms with van der Waals surface area (Å²) in [6.07, 6.45) is -1.58. The van der Waals surface area contributed by atoms with E-state index in [0.717, 1.165) is 0 Å². The van der Waals surface area contributed by atoms with Gasteiger partial charge >= 0.3 is 12.1 Å². The predicted molar refractivity (Wildman–Crippen MR) is 249 cm³/mol. The molecule has 0 saturated carbocycles. The zero-order valence-electron chi connectivity index (χ0n) is 41.8. The molecule has 1 aliphatic rings. The van der Waals surface area contributed by atoms with Crippen molar-refractivity contribution in [1.29, 1.82) is 0 Å². The third-order valence-corrected chi connectivity index (χ3v) is 9.84. The van der Waals surface area contributed by atoms with Crippen molar-refractivity contribution in [3.63, 3.8) is 0 Å². The van der Waals surface area contributed by atoms with E-state index in [2.05, 4.69) is 53.2 Å². The smallest absolute Gasteiger partial charge is 0.407 e. The minimum atomic E-state index is -1.78. The highest BCUT2D eigenvalue weighted by Gasteiger charge is 2.34. The molecular formula is C43H72N12O17. The van der Waals surface area contributed by atoms with Crippen molar-refractivity contribution in [1.82, 2.24) is 53.2 Å². The molecule has 0 unspecified atom stereocenters. The first-order chi connectivity index (χ1) is 33.4. The van der Waals surface area contributed by atoms with Gasteiger partial charge in [-0.3, -0.25) is 52.7 Å². The zero-order chi connectivity index (χ0) is 55.1. The van der Waals surface area contributed by atoms with Crippen LogP contribution in [0.2, 0.25) is 0 Å². The minimum absolute atomic E-state index is 0.0926. The summed E-state index contributed by atoms with van der Waals surface area (Å²) in [6.45, 7) is 9.34. The third kappa shape index (κ3) is 25.1. The first-order valence-electron chi connectivity index (χ1n) is 23.0. The van der Waals surface area contributed by atoms with E-state index in [-0.39, 0.29) is 44.6 Å². The van der Waals surface area contributed by atoms with Crippen LogP contribution in [0.1, 0.15) is 107 Å². The lowest BCUT2D eigenvalue weighted by Crippen LogP contribution is -2.59. The number of alkyl carbamates (subject to hydrolysis) is 1. The van der Waals surface area contributed by atoms with Gasteiger partial charge in [0.15, 0.2) is 0 Å². The Morgan fingerprint density at radius 2 is 1.10 bits per heavy atom. The first-order valence-corrected chi connectivity index (χ1v) is 23.0. The molecule has 12 amide bonds. The maximum atomic E-state index is 13.7. The molecule has 16 N–H and O–H groups in total. The SMILES string of the molecule is C[C@@H](NC(=O)CNC(=O)[C@H](CCC(N)=O)NC(=O)[C@H](CO)NC(=O)[C@H](CCCCNC(=O)OC(C)(C)C)NC(=O)[C@@H](C)NC(=O)[C@@H]1CCC(=O)N1)C(=O)N[C@@H](CO)C(=O)N[C@@H](CC(N)=O)C(=O)OC(C)(C)C. The lowest BCUT2D eigenvalue weighted by atomic mass is 10.1. The Kier molecular flexibility index (Phi) is 26.1. The molecule has 0 aromatic rings. The lowest BCUT2D eigenvalue weighted by Gasteiger charge is -2.26. The molecule has 1 saturated heterocycles. The summed E-state index contributed by atoms with van der Waals surface area (Å²) in [6, 6.07) is -11.6. The molecule has 0 bridgehead atoms. The molecule has 0 aliphatic carbocycles. The number of hydrogen-bond donors (Lipinski definition) is 14. The van der Waals surface area contributed by atoms with Crippen LogP contribution in [-0.2, 0) is 67.0 Å². The number of rotatable bonds is 29. The summed E-state index contributed by atoms with van der Waals surface area (Å²) in [7, 11) is 0. The molecule has 406 valence electrons. The van der Waals surface area contributed by atoms with E-state index in [1.807, 2.05) is 0 Å². The van der Waals surface area contributed by atoms with E-state index in [0.29, 0.717) is 0 Å². The van der Waals surface area contributed by atoms with Crippen molar-refractivity contribution in [2.75, 3.05) is 26.3 Å². The average Bonchev–Trinajstić information content (AvgIpc) is 3.71. The molecule has 1 fully saturated rings. The van der Waals surface area contributed by atoms with E-state index >= 15 is 0 Å². The number of nitrogens with two attached hydrogens (primary N) is 2. The highest BCUT2D eigenvalue weighted by molar-refractivity contribution is 5.98. The monoisotopic (exact) mass is 1030 g/mol. The van der Waals surface area contributed by atoms with Crippen LogP contribution in [0.15, 0.2) is 0 Å². The highest BCUT2D eigenvalue weighted by Crippen LogP contribution is 2.11. The molecule has 1 aliphatic heterocycles. The van der Waals surface area contributed by atoms with Crippen LogP contribution in [0.5, 0.6) is 0 Å². The number of hydrogen-bond acceptors (Lipinski definition) is 17. The van der Waals surface area contributed by atoms with Gasteiger partial charge in [-0.2, -0.15) is 0 Å². The Balaban J connectivity index is 3.04. The summed E-state index contributed by atoms with van der Waals surface area (Å²) in [4.78, 5) is 164. The summed E-state index contributed by atoms with van der Waals surface area (Å²) >= 11 is 0. The predicted octanol–water partition coefficient (Wildman–Crippen LogP) is -6.02. The second-order valence-corrected chi connectivity index (χ2v) is 18.7. The number of amides is 12. The number of esters is 1. The van der Waals surface area contributed by atoms with E-state index in [9.17, 15) is 72.5 Å². The van der Waals surface area contributed by atoms with Crippen molar-refractivity contribution >= 4 is 77.0 Å². The Hall–Kier alpha value is -7.17. The van der Waals surface area contributed by atoms with Crippen LogP contribution >= 0.6 is 0 Å². The van der Waals surface area contributed by atoms with Gasteiger partial charge in [0.25, 0.3) is 0 Å². The van der Waals surface area contributed by atoms with Gasteiger partial charge in [0, 0.05) is 19.4 Å². The first kappa shape index (κ1) is 62.8. The molecule has 0 aromatic heterocycles. The second-order valence-electron chi connectivity index (χ2n) is 18.7. The fourth-order valence-electron chi connectivity index (χ4n) is 6.21. The van der Waals surface area contributed by atoms with Gasteiger partial charge in [0.2, 0.25) is 65.0 Å². The number of nitrogens with one attached hydrogen (secondary N) is 10. The minimum Gasteiger partial charge on any atom is -0.458 e. The molecule has 29 heteroatoms. The highest BCUT2D eigenvalue weighted by atomic mass is 16.6. The molecule has 0 spiro atoms. The van der Waals surface area contributed by atoms with Crippen molar-refractivity contribution in [3.8, 4) is 0 Å². The Morgan fingerprint density at radius 3 is 1.60 bits per heavy atom. The van der Waals surface area contributed by atoms with Crippen LogP contribution in [0.25, 0.3) is 0 Å². The van der Waals surface area contributed by atoms with Crippen molar-refractivity contribution < 1.29 is 82.0 Å². The summed E-state index contributed by atoms with van der Waals surface area (Å²) < 4.78 is 10.4. The van der Waals surface area contributed by atoms with Gasteiger partial charge in [0.1, 0.15) is 59.5 Å². The van der Waals surface area contributed by atoms with E-state index < -0.39 is 170 Å². The Labute approximate surface area is 415 Å². The van der Waals surface area contributed by atoms with E-state index in [4.69, 9.17) is 20.9 Å². The standard InChI is InChI=1S/C43H72N12O17/c1-21(33(62)54-27(19-56)39(68)53-26(17-30(45)59)40(69)71-42(3,4)5)48-32(61)18-47-35(64)24(12-14-29(44)58)52-38(67)28(20-57)55-37(66)23(11-9-10-16-46-41(70)72-43(6,7)8)51-34(63)22(2)49-36(65)25-13-15-31(60)50-25/h21-28,56-57H,9-20H2,1-8H3,(H2,44,58)(H2,45,59)(H,46,70)(H,47,64)(H,48,61)(H,49,65)(H,50,60)(H,51,63)(H,52,67)(H,53,68)(H,54,62)(H,55,66)/t21-,22-,23+,24+,25+,26+,27+,28+/m1/s1. The summed E-state index contributed by atoms with van der Waals surface area (Å²) in [5.41, 5.74) is 8.68. The molecule has 72 heavy (non-hydrogen) atoms.